The van der Waals surface area contributed by atoms with Gasteiger partial charge in [0, 0.05) is 56.0 Å². The van der Waals surface area contributed by atoms with Gasteiger partial charge in [-0.1, -0.05) is 13.0 Å². The van der Waals surface area contributed by atoms with Crippen LogP contribution in [0.4, 0.5) is 11.4 Å². The zero-order valence-electron chi connectivity index (χ0n) is 14.3. The Morgan fingerprint density at radius 3 is 2.36 bits per heavy atom. The van der Waals surface area contributed by atoms with E-state index in [1.807, 2.05) is 48.8 Å². The number of carboxylic acids is 1. The third-order valence-electron chi connectivity index (χ3n) is 4.41. The van der Waals surface area contributed by atoms with Gasteiger partial charge in [0.15, 0.2) is 6.10 Å². The van der Waals surface area contributed by atoms with Crippen molar-refractivity contribution in [2.75, 3.05) is 36.0 Å². The molecule has 1 aliphatic rings. The van der Waals surface area contributed by atoms with Crippen LogP contribution in [0, 0.1) is 0 Å². The number of piperazine rings is 1. The maximum Gasteiger partial charge on any atom is 0.344 e. The van der Waals surface area contributed by atoms with Gasteiger partial charge in [-0.25, -0.2) is 4.79 Å². The van der Waals surface area contributed by atoms with E-state index in [1.165, 1.54) is 5.69 Å². The maximum absolute atomic E-state index is 11.1. The standard InChI is InChI=1S/C19H23N3O3/c1-2-18(19(23)24)25-17-5-3-4-16(14-17)22-12-10-21(11-13-22)15-6-8-20-9-7-15/h3-9,14,18H,2,10-13H2,1H3,(H,23,24). The number of carbonyl (C=O) groups is 1. The molecule has 6 nitrogen and oxygen atoms in total. The van der Waals surface area contributed by atoms with Gasteiger partial charge in [0.05, 0.1) is 0 Å². The lowest BCUT2D eigenvalue weighted by Gasteiger charge is -2.37. The van der Waals surface area contributed by atoms with Crippen LogP contribution in [0.3, 0.4) is 0 Å². The molecule has 1 N–H and O–H groups in total. The molecule has 0 radical (unpaired) electrons. The number of nitrogens with zero attached hydrogens (tertiary/aromatic N) is 3. The van der Waals surface area contributed by atoms with Crippen molar-refractivity contribution < 1.29 is 14.6 Å². The van der Waals surface area contributed by atoms with Gasteiger partial charge in [-0.05, 0) is 30.7 Å². The van der Waals surface area contributed by atoms with Crippen LogP contribution in [0.15, 0.2) is 48.8 Å². The highest BCUT2D eigenvalue weighted by molar-refractivity contribution is 5.72. The molecule has 6 heteroatoms. The molecule has 0 spiro atoms. The van der Waals surface area contributed by atoms with Crippen molar-refractivity contribution in [2.45, 2.75) is 19.4 Å². The summed E-state index contributed by atoms with van der Waals surface area (Å²) < 4.78 is 5.60. The Kier molecular flexibility index (Phi) is 5.38. The zero-order chi connectivity index (χ0) is 17.6. The lowest BCUT2D eigenvalue weighted by Crippen LogP contribution is -2.46. The molecular weight excluding hydrogens is 318 g/mol. The molecule has 1 aliphatic heterocycles. The molecule has 1 atom stereocenters. The van der Waals surface area contributed by atoms with E-state index in [4.69, 9.17) is 9.84 Å². The van der Waals surface area contributed by atoms with Crippen LogP contribution in [0.5, 0.6) is 5.75 Å². The largest absolute Gasteiger partial charge is 0.479 e. The van der Waals surface area contributed by atoms with E-state index < -0.39 is 12.1 Å². The number of aliphatic carboxylic acids is 1. The number of benzene rings is 1. The van der Waals surface area contributed by atoms with Crippen molar-refractivity contribution in [3.8, 4) is 5.75 Å². The van der Waals surface area contributed by atoms with Crippen LogP contribution < -0.4 is 14.5 Å². The minimum Gasteiger partial charge on any atom is -0.479 e. The molecule has 0 amide bonds. The van der Waals surface area contributed by atoms with E-state index in [1.54, 1.807) is 6.92 Å². The summed E-state index contributed by atoms with van der Waals surface area (Å²) in [5, 5.41) is 9.14. The van der Waals surface area contributed by atoms with Crippen LogP contribution in [-0.4, -0.2) is 48.3 Å². The first-order valence-electron chi connectivity index (χ1n) is 8.57. The number of aromatic nitrogens is 1. The highest BCUT2D eigenvalue weighted by Crippen LogP contribution is 2.25. The van der Waals surface area contributed by atoms with Gasteiger partial charge < -0.3 is 19.6 Å². The Labute approximate surface area is 147 Å². The smallest absolute Gasteiger partial charge is 0.344 e. The van der Waals surface area contributed by atoms with Crippen molar-refractivity contribution in [3.05, 3.63) is 48.8 Å². The van der Waals surface area contributed by atoms with E-state index in [-0.39, 0.29) is 0 Å². The fourth-order valence-electron chi connectivity index (χ4n) is 3.00. The lowest BCUT2D eigenvalue weighted by molar-refractivity contribution is -0.145. The molecule has 0 saturated carbocycles. The van der Waals surface area contributed by atoms with Crippen LogP contribution in [0.25, 0.3) is 0 Å². The van der Waals surface area contributed by atoms with E-state index in [2.05, 4.69) is 14.8 Å². The Morgan fingerprint density at radius 1 is 1.12 bits per heavy atom. The van der Waals surface area contributed by atoms with Crippen LogP contribution >= 0.6 is 0 Å². The Bertz CT molecular complexity index is 700. The van der Waals surface area contributed by atoms with E-state index in [0.717, 1.165) is 31.9 Å². The van der Waals surface area contributed by atoms with Crippen molar-refractivity contribution in [1.29, 1.82) is 0 Å². The van der Waals surface area contributed by atoms with Gasteiger partial charge in [-0.2, -0.15) is 0 Å². The average Bonchev–Trinajstić information content (AvgIpc) is 2.67. The van der Waals surface area contributed by atoms with Crippen molar-refractivity contribution in [3.63, 3.8) is 0 Å². The zero-order valence-corrected chi connectivity index (χ0v) is 14.3. The monoisotopic (exact) mass is 341 g/mol. The fourth-order valence-corrected chi connectivity index (χ4v) is 3.00. The molecule has 1 saturated heterocycles. The van der Waals surface area contributed by atoms with Crippen molar-refractivity contribution >= 4 is 17.3 Å². The van der Waals surface area contributed by atoms with Crippen LogP contribution in [0.1, 0.15) is 13.3 Å². The van der Waals surface area contributed by atoms with Crippen LogP contribution in [0.2, 0.25) is 0 Å². The summed E-state index contributed by atoms with van der Waals surface area (Å²) in [4.78, 5) is 19.9. The molecule has 1 aromatic heterocycles. The summed E-state index contributed by atoms with van der Waals surface area (Å²) in [7, 11) is 0. The number of carboxylic acid groups (broad SMARTS) is 1. The number of anilines is 2. The second kappa shape index (κ2) is 7.88. The molecule has 2 aromatic rings. The van der Waals surface area contributed by atoms with Gasteiger partial charge in [0.1, 0.15) is 5.75 Å². The van der Waals surface area contributed by atoms with Gasteiger partial charge in [0.25, 0.3) is 0 Å². The predicted octanol–water partition coefficient (Wildman–Crippen LogP) is 2.65. The summed E-state index contributed by atoms with van der Waals surface area (Å²) in [6.45, 7) is 5.48. The molecule has 0 aliphatic carbocycles. The second-order valence-electron chi connectivity index (χ2n) is 6.03. The molecule has 1 aromatic carbocycles. The SMILES string of the molecule is CCC(Oc1cccc(N2CCN(c3ccncc3)CC2)c1)C(=O)O. The molecule has 2 heterocycles. The summed E-state index contributed by atoms with van der Waals surface area (Å²) in [5.74, 6) is -0.331. The third kappa shape index (κ3) is 4.21. The number of ether oxygens (including phenoxy) is 1. The van der Waals surface area contributed by atoms with Gasteiger partial charge in [-0.3, -0.25) is 4.98 Å². The molecule has 1 fully saturated rings. The minimum atomic E-state index is -0.932. The van der Waals surface area contributed by atoms with E-state index >= 15 is 0 Å². The Morgan fingerprint density at radius 2 is 1.76 bits per heavy atom. The highest BCUT2D eigenvalue weighted by Gasteiger charge is 2.20. The third-order valence-corrected chi connectivity index (χ3v) is 4.41. The predicted molar refractivity (Wildman–Crippen MR) is 97.4 cm³/mol. The summed E-state index contributed by atoms with van der Waals surface area (Å²) in [6, 6.07) is 11.7. The number of rotatable bonds is 6. The van der Waals surface area contributed by atoms with Gasteiger partial charge >= 0.3 is 5.97 Å². The van der Waals surface area contributed by atoms with Crippen molar-refractivity contribution in [2.24, 2.45) is 0 Å². The van der Waals surface area contributed by atoms with Crippen LogP contribution in [-0.2, 0) is 4.79 Å². The Hall–Kier alpha value is -2.76. The molecule has 25 heavy (non-hydrogen) atoms. The summed E-state index contributed by atoms with van der Waals surface area (Å²) in [5.41, 5.74) is 2.26. The van der Waals surface area contributed by atoms with Gasteiger partial charge in [0.2, 0.25) is 0 Å². The first-order valence-corrected chi connectivity index (χ1v) is 8.57. The first-order chi connectivity index (χ1) is 12.2. The molecular formula is C19H23N3O3. The summed E-state index contributed by atoms with van der Waals surface area (Å²) in [6.07, 6.45) is 3.26. The molecule has 3 rings (SSSR count). The van der Waals surface area contributed by atoms with E-state index in [9.17, 15) is 4.79 Å². The number of hydrogen-bond acceptors (Lipinski definition) is 5. The first kappa shape index (κ1) is 17.1. The second-order valence-corrected chi connectivity index (χ2v) is 6.03. The average molecular weight is 341 g/mol. The Balaban J connectivity index is 1.63. The normalized spacial score (nSPS) is 15.7. The lowest BCUT2D eigenvalue weighted by atomic mass is 10.2. The van der Waals surface area contributed by atoms with E-state index in [0.29, 0.717) is 12.2 Å². The maximum atomic E-state index is 11.1. The number of pyridine rings is 1. The minimum absolute atomic E-state index is 0.435. The topological polar surface area (TPSA) is 65.9 Å². The quantitative estimate of drug-likeness (QED) is 0.871. The number of hydrogen-bond donors (Lipinski definition) is 1. The molecule has 1 unspecified atom stereocenters. The molecule has 0 bridgehead atoms. The fraction of sp³-hybridized carbons (Fsp3) is 0.368. The van der Waals surface area contributed by atoms with Gasteiger partial charge in [-0.15, -0.1) is 0 Å². The molecule has 132 valence electrons. The summed E-state index contributed by atoms with van der Waals surface area (Å²) >= 11 is 0. The highest BCUT2D eigenvalue weighted by atomic mass is 16.5. The van der Waals surface area contributed by atoms with Crippen molar-refractivity contribution in [1.82, 2.24) is 4.98 Å².